The molecule has 512 valence electrons. The van der Waals surface area contributed by atoms with Crippen molar-refractivity contribution in [3.63, 3.8) is 0 Å². The van der Waals surface area contributed by atoms with E-state index in [2.05, 4.69) is 198 Å². The molecule has 0 saturated carbocycles. The van der Waals surface area contributed by atoms with E-state index in [0.29, 0.717) is 22.9 Å². The maximum absolute atomic E-state index is 6.28. The number of benzene rings is 14. The van der Waals surface area contributed by atoms with Gasteiger partial charge in [-0.15, -0.1) is 0 Å². The highest BCUT2D eigenvalue weighted by molar-refractivity contribution is 8.05. The topological polar surface area (TPSA) is 156 Å². The van der Waals surface area contributed by atoms with E-state index >= 15 is 0 Å². The summed E-state index contributed by atoms with van der Waals surface area (Å²) in [6.45, 7) is 0. The molecule has 0 atom stereocenters. The number of hydrogen-bond acceptors (Lipinski definition) is 14. The minimum atomic E-state index is 0.180. The van der Waals surface area contributed by atoms with Gasteiger partial charge in [0.25, 0.3) is 0 Å². The Balaban J connectivity index is 0.0000000950. The predicted molar refractivity (Wildman–Crippen MR) is 441 cm³/mol. The first kappa shape index (κ1) is 65.3. The SMILES string of the molecule is Clc1nc(-c2ccc3ccccc3c2)c2c(n1)oc1ccc3ccccc3c12.Clc1nc(-c2ccc3ccccc3c2)c2c(n1)oc1ccccc12.Clc1nc(-c2cccc3c2Sc2ccccc2S3)c2c(n1)oc1ccccc12.Clc1nc(-c2ccccc2)c2c(n1)oc1c3ccccc3c3ccccc3c12. The van der Waals surface area contributed by atoms with Crippen molar-refractivity contribution in [2.24, 2.45) is 0 Å². The van der Waals surface area contributed by atoms with Crippen LogP contribution in [0, 0.1) is 0 Å². The number of halogens is 4. The van der Waals surface area contributed by atoms with Crippen molar-refractivity contribution in [3.8, 4) is 45.0 Å². The normalized spacial score (nSPS) is 12.0. The average Bonchev–Trinajstić information content (AvgIpc) is 1.51. The van der Waals surface area contributed by atoms with E-state index in [1.807, 2.05) is 133 Å². The van der Waals surface area contributed by atoms with Crippen molar-refractivity contribution in [2.45, 2.75) is 19.6 Å². The van der Waals surface area contributed by atoms with Gasteiger partial charge in [-0.05, 0) is 143 Å². The van der Waals surface area contributed by atoms with E-state index in [0.717, 1.165) is 148 Å². The summed E-state index contributed by atoms with van der Waals surface area (Å²) in [6.07, 6.45) is 0. The first-order chi connectivity index (χ1) is 53.2. The van der Waals surface area contributed by atoms with E-state index in [4.69, 9.17) is 64.1 Å². The molecule has 108 heavy (non-hydrogen) atoms. The van der Waals surface area contributed by atoms with Gasteiger partial charge in [-0.1, -0.05) is 266 Å². The largest absolute Gasteiger partial charge is 0.438 e. The molecule has 0 amide bonds. The van der Waals surface area contributed by atoms with E-state index in [1.54, 1.807) is 23.5 Å². The van der Waals surface area contributed by atoms with Crippen molar-refractivity contribution in [1.82, 2.24) is 39.9 Å². The number of hydrogen-bond donors (Lipinski definition) is 0. The van der Waals surface area contributed by atoms with E-state index < -0.39 is 0 Å². The third kappa shape index (κ3) is 11.5. The summed E-state index contributed by atoms with van der Waals surface area (Å²) in [7, 11) is 0. The first-order valence-corrected chi connectivity index (χ1v) is 37.6. The molecule has 0 aliphatic carbocycles. The highest BCUT2D eigenvalue weighted by Crippen LogP contribution is 2.53. The molecule has 9 heterocycles. The standard InChI is InChI=1S/2C24H13ClN2O.C22H11ClN2OS2.C20H11ClN2O/c25-24-26-22(17-10-9-14-5-1-2-7-16(14)13-17)21-20-18-8-4-3-6-15(18)11-12-19(20)28-23(21)27-24;25-24-26-21(14-8-2-1-3-9-14)20-19-17-12-6-4-10-15(17)16-11-5-7-13-18(16)22(19)28-23(20)27-24;23-22-24-19(18-12-6-1-2-8-14(12)26-21(18)25-22)13-7-5-11-17-20(13)28-16-10-4-3-9-15(16)27-17;21-20-22-18(14-10-9-12-5-1-2-6-13(12)11-14)17-15-7-3-4-8-16(15)24-19(17)23-20/h2*1-13H;1-11H;1-11H. The molecule has 18 heteroatoms. The molecule has 0 spiro atoms. The number of furan rings is 4. The van der Waals surface area contributed by atoms with E-state index in [9.17, 15) is 0 Å². The summed E-state index contributed by atoms with van der Waals surface area (Å²) in [4.78, 5) is 40.6. The Morgan fingerprint density at radius 1 is 0.231 bits per heavy atom. The van der Waals surface area contributed by atoms with E-state index in [-0.39, 0.29) is 21.1 Å². The number of fused-ring (bicyclic) bond motifs is 23. The van der Waals surface area contributed by atoms with Crippen molar-refractivity contribution in [2.75, 3.05) is 0 Å². The lowest BCUT2D eigenvalue weighted by atomic mass is 9.96. The van der Waals surface area contributed by atoms with Gasteiger partial charge in [0.2, 0.25) is 44.0 Å². The third-order valence-electron chi connectivity index (χ3n) is 19.4. The van der Waals surface area contributed by atoms with Gasteiger partial charge in [0.05, 0.1) is 44.3 Å². The number of aromatic nitrogens is 8. The summed E-state index contributed by atoms with van der Waals surface area (Å²) in [5.41, 5.74) is 12.4. The Kier molecular flexibility index (Phi) is 16.3. The summed E-state index contributed by atoms with van der Waals surface area (Å²) in [6, 6.07) is 98.7. The molecular formula is C90H48Cl4N8O4S2. The molecule has 22 aromatic rings. The first-order valence-electron chi connectivity index (χ1n) is 34.4. The van der Waals surface area contributed by atoms with Crippen LogP contribution in [0.15, 0.2) is 328 Å². The average molecular weight is 1510 g/mol. The van der Waals surface area contributed by atoms with Crippen LogP contribution in [0.1, 0.15) is 0 Å². The molecule has 1 aliphatic heterocycles. The third-order valence-corrected chi connectivity index (χ3v) is 22.7. The number of para-hydroxylation sites is 2. The maximum atomic E-state index is 6.28. The second-order valence-electron chi connectivity index (χ2n) is 25.7. The van der Waals surface area contributed by atoms with Gasteiger partial charge in [-0.2, -0.15) is 19.9 Å². The molecule has 0 radical (unpaired) electrons. The van der Waals surface area contributed by atoms with Crippen molar-refractivity contribution in [1.29, 1.82) is 0 Å². The fraction of sp³-hybridized carbons (Fsp3) is 0. The zero-order chi connectivity index (χ0) is 72.1. The molecule has 0 fully saturated rings. The van der Waals surface area contributed by atoms with Gasteiger partial charge in [0.15, 0.2) is 0 Å². The highest BCUT2D eigenvalue weighted by Gasteiger charge is 2.27. The fourth-order valence-corrected chi connectivity index (χ4v) is 17.7. The quantitative estimate of drug-likeness (QED) is 0.121. The van der Waals surface area contributed by atoms with Gasteiger partial charge < -0.3 is 17.7 Å². The van der Waals surface area contributed by atoms with E-state index in [1.165, 1.54) is 35.7 Å². The van der Waals surface area contributed by atoms with Crippen LogP contribution in [-0.4, -0.2) is 39.9 Å². The van der Waals surface area contributed by atoms with Crippen LogP contribution < -0.4 is 0 Å². The molecule has 0 bridgehead atoms. The minimum Gasteiger partial charge on any atom is -0.438 e. The van der Waals surface area contributed by atoms with Gasteiger partial charge in [-0.3, -0.25) is 0 Å². The van der Waals surface area contributed by atoms with Gasteiger partial charge in [0, 0.05) is 68.8 Å². The molecule has 0 saturated heterocycles. The molecular weight excluding hydrogens is 1460 g/mol. The smallest absolute Gasteiger partial charge is 0.232 e. The van der Waals surface area contributed by atoms with Crippen LogP contribution in [0.5, 0.6) is 0 Å². The Labute approximate surface area is 641 Å². The van der Waals surface area contributed by atoms with Crippen LogP contribution in [0.25, 0.3) is 187 Å². The Morgan fingerprint density at radius 3 is 1.25 bits per heavy atom. The molecule has 14 aromatic carbocycles. The van der Waals surface area contributed by atoms with Gasteiger partial charge in [0.1, 0.15) is 22.3 Å². The fourth-order valence-electron chi connectivity index (χ4n) is 14.7. The van der Waals surface area contributed by atoms with Crippen LogP contribution >= 0.6 is 69.9 Å². The lowest BCUT2D eigenvalue weighted by Gasteiger charge is -2.20. The Bertz CT molecular complexity index is 7440. The van der Waals surface area contributed by atoms with Crippen LogP contribution in [0.2, 0.25) is 21.1 Å². The Hall–Kier alpha value is -12.2. The second kappa shape index (κ2) is 27.0. The summed E-state index contributed by atoms with van der Waals surface area (Å²) in [5, 5.41) is 19.8. The van der Waals surface area contributed by atoms with Crippen molar-refractivity contribution < 1.29 is 17.7 Å². The summed E-state index contributed by atoms with van der Waals surface area (Å²) < 4.78 is 24.1. The zero-order valence-electron chi connectivity index (χ0n) is 56.3. The Morgan fingerprint density at radius 2 is 0.639 bits per heavy atom. The zero-order valence-corrected chi connectivity index (χ0v) is 60.9. The summed E-state index contributed by atoms with van der Waals surface area (Å²) in [5.74, 6) is 0. The molecule has 0 N–H and O–H groups in total. The predicted octanol–water partition coefficient (Wildman–Crippen LogP) is 27.2. The lowest BCUT2D eigenvalue weighted by Crippen LogP contribution is -1.95. The van der Waals surface area contributed by atoms with Crippen molar-refractivity contribution >= 4 is 212 Å². The molecule has 12 nitrogen and oxygen atoms in total. The minimum absolute atomic E-state index is 0.180. The summed E-state index contributed by atoms with van der Waals surface area (Å²) >= 11 is 28.5. The van der Waals surface area contributed by atoms with Crippen LogP contribution in [0.3, 0.4) is 0 Å². The molecule has 8 aromatic heterocycles. The number of nitrogens with zero attached hydrogens (tertiary/aromatic N) is 8. The maximum Gasteiger partial charge on any atom is 0.232 e. The second-order valence-corrected chi connectivity index (χ2v) is 29.2. The highest BCUT2D eigenvalue weighted by atomic mass is 35.5. The lowest BCUT2D eigenvalue weighted by molar-refractivity contribution is 0.652. The number of rotatable bonds is 4. The van der Waals surface area contributed by atoms with Gasteiger partial charge in [-0.25, -0.2) is 19.9 Å². The van der Waals surface area contributed by atoms with Crippen LogP contribution in [-0.2, 0) is 0 Å². The van der Waals surface area contributed by atoms with Gasteiger partial charge >= 0.3 is 0 Å². The monoisotopic (exact) mass is 1510 g/mol. The van der Waals surface area contributed by atoms with Crippen LogP contribution in [0.4, 0.5) is 0 Å². The molecule has 0 unspecified atom stereocenters. The molecule has 23 rings (SSSR count). The van der Waals surface area contributed by atoms with Crippen molar-refractivity contribution in [3.05, 3.63) is 312 Å². The molecule has 1 aliphatic rings.